The maximum absolute atomic E-state index is 12.3. The van der Waals surface area contributed by atoms with Crippen molar-refractivity contribution in [2.24, 2.45) is 16.9 Å². The van der Waals surface area contributed by atoms with Crippen molar-refractivity contribution >= 4 is 23.1 Å². The SMILES string of the molecule is CC1=NN(c2ccc(C#N)cc2)C(=O)C1C(=O)C(C)C. The van der Waals surface area contributed by atoms with Gasteiger partial charge < -0.3 is 0 Å². The maximum atomic E-state index is 12.3. The van der Waals surface area contributed by atoms with E-state index in [0.717, 1.165) is 0 Å². The van der Waals surface area contributed by atoms with Gasteiger partial charge in [-0.1, -0.05) is 13.8 Å². The first-order chi connectivity index (χ1) is 9.45. The molecule has 1 atom stereocenters. The van der Waals surface area contributed by atoms with E-state index >= 15 is 0 Å². The average molecular weight is 269 g/mol. The molecule has 1 aromatic rings. The molecule has 102 valence electrons. The summed E-state index contributed by atoms with van der Waals surface area (Å²) in [4.78, 5) is 24.4. The summed E-state index contributed by atoms with van der Waals surface area (Å²) in [5.41, 5.74) is 1.58. The van der Waals surface area contributed by atoms with E-state index in [1.165, 1.54) is 5.01 Å². The summed E-state index contributed by atoms with van der Waals surface area (Å²) in [5, 5.41) is 14.2. The molecule has 1 aromatic carbocycles. The molecule has 0 radical (unpaired) electrons. The molecule has 0 spiro atoms. The number of nitriles is 1. The Kier molecular flexibility index (Phi) is 3.66. The number of ketones is 1. The molecule has 1 unspecified atom stereocenters. The molecule has 0 N–H and O–H groups in total. The lowest BCUT2D eigenvalue weighted by atomic mass is 9.91. The third-order valence-electron chi connectivity index (χ3n) is 3.23. The summed E-state index contributed by atoms with van der Waals surface area (Å²) in [7, 11) is 0. The van der Waals surface area contributed by atoms with E-state index in [1.54, 1.807) is 45.0 Å². The highest BCUT2D eigenvalue weighted by atomic mass is 16.2. The lowest BCUT2D eigenvalue weighted by molar-refractivity contribution is -0.130. The Bertz CT molecular complexity index is 624. The van der Waals surface area contributed by atoms with Gasteiger partial charge in [-0.2, -0.15) is 15.4 Å². The summed E-state index contributed by atoms with van der Waals surface area (Å²) in [6.45, 7) is 5.23. The summed E-state index contributed by atoms with van der Waals surface area (Å²) in [5.74, 6) is -1.45. The number of hydrazone groups is 1. The van der Waals surface area contributed by atoms with Crippen LogP contribution in [0, 0.1) is 23.2 Å². The lowest BCUT2D eigenvalue weighted by Gasteiger charge is -2.14. The van der Waals surface area contributed by atoms with E-state index < -0.39 is 5.92 Å². The second-order valence-corrected chi connectivity index (χ2v) is 5.04. The molecular formula is C15H15N3O2. The summed E-state index contributed by atoms with van der Waals surface area (Å²) in [6, 6.07) is 8.54. The van der Waals surface area contributed by atoms with Crippen LogP contribution >= 0.6 is 0 Å². The second-order valence-electron chi connectivity index (χ2n) is 5.04. The molecule has 0 saturated heterocycles. The largest absolute Gasteiger partial charge is 0.298 e. The number of Topliss-reactive ketones (excluding diaryl/α,β-unsaturated/α-hetero) is 1. The fraction of sp³-hybridized carbons (Fsp3) is 0.333. The van der Waals surface area contributed by atoms with Crippen LogP contribution in [-0.4, -0.2) is 17.4 Å². The number of hydrogen-bond donors (Lipinski definition) is 0. The van der Waals surface area contributed by atoms with Gasteiger partial charge in [-0.3, -0.25) is 9.59 Å². The Labute approximate surface area is 117 Å². The van der Waals surface area contributed by atoms with Crippen molar-refractivity contribution in [3.05, 3.63) is 29.8 Å². The van der Waals surface area contributed by atoms with E-state index in [-0.39, 0.29) is 17.6 Å². The first-order valence-electron chi connectivity index (χ1n) is 6.38. The first-order valence-corrected chi connectivity index (χ1v) is 6.38. The van der Waals surface area contributed by atoms with Gasteiger partial charge in [-0.15, -0.1) is 0 Å². The topological polar surface area (TPSA) is 73.5 Å². The van der Waals surface area contributed by atoms with Crippen LogP contribution in [0.3, 0.4) is 0 Å². The standard InChI is InChI=1S/C15H15N3O2/c1-9(2)14(19)13-10(3)17-18(15(13)20)12-6-4-11(8-16)5-7-12/h4-7,9,13H,1-3H3. The quantitative estimate of drug-likeness (QED) is 0.789. The predicted molar refractivity (Wildman–Crippen MR) is 75.1 cm³/mol. The monoisotopic (exact) mass is 269 g/mol. The molecule has 0 bridgehead atoms. The van der Waals surface area contributed by atoms with Crippen molar-refractivity contribution in [2.75, 3.05) is 5.01 Å². The molecule has 1 aliphatic rings. The fourth-order valence-electron chi connectivity index (χ4n) is 2.09. The van der Waals surface area contributed by atoms with Crippen molar-refractivity contribution in [1.82, 2.24) is 0 Å². The van der Waals surface area contributed by atoms with Crippen molar-refractivity contribution < 1.29 is 9.59 Å². The normalized spacial score (nSPS) is 18.1. The van der Waals surface area contributed by atoms with E-state index in [2.05, 4.69) is 5.10 Å². The zero-order chi connectivity index (χ0) is 14.9. The van der Waals surface area contributed by atoms with Crippen LogP contribution in [-0.2, 0) is 9.59 Å². The molecule has 0 fully saturated rings. The molecule has 0 aromatic heterocycles. The van der Waals surface area contributed by atoms with Gasteiger partial charge in [-0.05, 0) is 31.2 Å². The highest BCUT2D eigenvalue weighted by Crippen LogP contribution is 2.26. The van der Waals surface area contributed by atoms with Gasteiger partial charge >= 0.3 is 0 Å². The van der Waals surface area contributed by atoms with Crippen molar-refractivity contribution in [3.63, 3.8) is 0 Å². The molecule has 0 saturated carbocycles. The first kappa shape index (κ1) is 13.9. The van der Waals surface area contributed by atoms with Gasteiger partial charge in [0.15, 0.2) is 5.78 Å². The van der Waals surface area contributed by atoms with Crippen molar-refractivity contribution in [2.45, 2.75) is 20.8 Å². The molecule has 0 aliphatic carbocycles. The predicted octanol–water partition coefficient (Wildman–Crippen LogP) is 2.12. The van der Waals surface area contributed by atoms with Gasteiger partial charge in [0.25, 0.3) is 5.91 Å². The molecule has 5 nitrogen and oxygen atoms in total. The Morgan fingerprint density at radius 1 is 1.35 bits per heavy atom. The number of anilines is 1. The van der Waals surface area contributed by atoms with Crippen LogP contribution in [0.5, 0.6) is 0 Å². The Morgan fingerprint density at radius 3 is 2.45 bits per heavy atom. The van der Waals surface area contributed by atoms with Crippen molar-refractivity contribution in [1.29, 1.82) is 5.26 Å². The molecule has 1 heterocycles. The van der Waals surface area contributed by atoms with Crippen molar-refractivity contribution in [3.8, 4) is 6.07 Å². The second kappa shape index (κ2) is 5.25. The van der Waals surface area contributed by atoms with Gasteiger partial charge in [0.1, 0.15) is 5.92 Å². The van der Waals surface area contributed by atoms with Crippen LogP contribution in [0.4, 0.5) is 5.69 Å². The van der Waals surface area contributed by atoms with Crippen LogP contribution in [0.15, 0.2) is 29.4 Å². The number of amides is 1. The van der Waals surface area contributed by atoms with Crippen LogP contribution in [0.25, 0.3) is 0 Å². The Balaban J connectivity index is 2.30. The summed E-state index contributed by atoms with van der Waals surface area (Å²) < 4.78 is 0. The smallest absolute Gasteiger partial charge is 0.263 e. The average Bonchev–Trinajstić information content (AvgIpc) is 2.73. The Morgan fingerprint density at radius 2 is 1.95 bits per heavy atom. The van der Waals surface area contributed by atoms with E-state index in [0.29, 0.717) is 17.0 Å². The zero-order valence-electron chi connectivity index (χ0n) is 11.6. The van der Waals surface area contributed by atoms with Gasteiger partial charge in [0.05, 0.1) is 23.0 Å². The lowest BCUT2D eigenvalue weighted by Crippen LogP contribution is -2.34. The number of carbonyl (C=O) groups is 2. The van der Waals surface area contributed by atoms with Crippen LogP contribution in [0.2, 0.25) is 0 Å². The minimum atomic E-state index is -0.786. The van der Waals surface area contributed by atoms with Gasteiger partial charge in [0.2, 0.25) is 0 Å². The van der Waals surface area contributed by atoms with Gasteiger partial charge in [-0.25, -0.2) is 0 Å². The molecular weight excluding hydrogens is 254 g/mol. The van der Waals surface area contributed by atoms with Crippen LogP contribution in [0.1, 0.15) is 26.3 Å². The zero-order valence-corrected chi connectivity index (χ0v) is 11.6. The molecule has 5 heteroatoms. The highest BCUT2D eigenvalue weighted by molar-refractivity contribution is 6.27. The molecule has 1 aliphatic heterocycles. The minimum absolute atomic E-state index is 0.118. The maximum Gasteiger partial charge on any atom is 0.263 e. The number of carbonyl (C=O) groups excluding carboxylic acids is 2. The van der Waals surface area contributed by atoms with Crippen LogP contribution < -0.4 is 5.01 Å². The van der Waals surface area contributed by atoms with E-state index in [1.807, 2.05) is 6.07 Å². The summed E-state index contributed by atoms with van der Waals surface area (Å²) >= 11 is 0. The molecule has 20 heavy (non-hydrogen) atoms. The molecule has 2 rings (SSSR count). The molecule has 1 amide bonds. The van der Waals surface area contributed by atoms with E-state index in [4.69, 9.17) is 5.26 Å². The van der Waals surface area contributed by atoms with Gasteiger partial charge in [0, 0.05) is 5.92 Å². The third-order valence-corrected chi connectivity index (χ3v) is 3.23. The Hall–Kier alpha value is -2.48. The summed E-state index contributed by atoms with van der Waals surface area (Å²) in [6.07, 6.45) is 0. The fourth-order valence-corrected chi connectivity index (χ4v) is 2.09. The third kappa shape index (κ3) is 2.32. The van der Waals surface area contributed by atoms with E-state index in [9.17, 15) is 9.59 Å². The number of nitrogens with zero attached hydrogens (tertiary/aromatic N) is 3. The highest BCUT2D eigenvalue weighted by Gasteiger charge is 2.40. The minimum Gasteiger partial charge on any atom is -0.298 e. The number of benzene rings is 1. The number of hydrogen-bond acceptors (Lipinski definition) is 4. The number of rotatable bonds is 3.